The van der Waals surface area contributed by atoms with Crippen molar-refractivity contribution in [3.63, 3.8) is 0 Å². The molecule has 2 heterocycles. The molecule has 1 aliphatic heterocycles. The molecule has 2 aromatic rings. The van der Waals surface area contributed by atoms with E-state index in [0.29, 0.717) is 0 Å². The molecule has 0 unspecified atom stereocenters. The predicted molar refractivity (Wildman–Crippen MR) is 90.3 cm³/mol. The molecule has 5 heteroatoms. The quantitative estimate of drug-likeness (QED) is 0.870. The van der Waals surface area contributed by atoms with E-state index < -0.39 is 0 Å². The van der Waals surface area contributed by atoms with Crippen molar-refractivity contribution >= 4 is 5.91 Å². The third kappa shape index (κ3) is 3.62. The Labute approximate surface area is 137 Å². The Morgan fingerprint density at radius 2 is 1.74 bits per heavy atom. The molecule has 1 amide bonds. The highest BCUT2D eigenvalue weighted by Crippen LogP contribution is 2.13. The zero-order valence-corrected chi connectivity index (χ0v) is 14.1. The largest absolute Gasteiger partial charge is 0.336 e. The van der Waals surface area contributed by atoms with Gasteiger partial charge in [-0.2, -0.15) is 5.10 Å². The Hall–Kier alpha value is -2.14. The highest BCUT2D eigenvalue weighted by molar-refractivity contribution is 5.94. The van der Waals surface area contributed by atoms with Gasteiger partial charge in [0.25, 0.3) is 5.91 Å². The summed E-state index contributed by atoms with van der Waals surface area (Å²) in [5.74, 6) is 0.141. The van der Waals surface area contributed by atoms with Crippen molar-refractivity contribution in [1.29, 1.82) is 0 Å². The van der Waals surface area contributed by atoms with Crippen LogP contribution in [0.25, 0.3) is 0 Å². The van der Waals surface area contributed by atoms with Gasteiger partial charge in [-0.25, -0.2) is 0 Å². The summed E-state index contributed by atoms with van der Waals surface area (Å²) in [6.07, 6.45) is 2.08. The first-order valence-electron chi connectivity index (χ1n) is 8.10. The second-order valence-corrected chi connectivity index (χ2v) is 6.35. The zero-order chi connectivity index (χ0) is 16.4. The Morgan fingerprint density at radius 3 is 2.30 bits per heavy atom. The number of amides is 1. The van der Waals surface area contributed by atoms with Crippen LogP contribution < -0.4 is 0 Å². The van der Waals surface area contributed by atoms with E-state index in [0.717, 1.165) is 44.0 Å². The second kappa shape index (κ2) is 6.54. The summed E-state index contributed by atoms with van der Waals surface area (Å²) in [6, 6.07) is 7.83. The molecule has 5 nitrogen and oxygen atoms in total. The fourth-order valence-corrected chi connectivity index (χ4v) is 3.03. The standard InChI is InChI=1S/C18H24N4O/c1-14-4-6-16(7-5-14)18(23)22-10-8-21(9-11-22)13-17-12-20(3)19-15(17)2/h4-7,12H,8-11,13H2,1-3H3. The van der Waals surface area contributed by atoms with Crippen LogP contribution in [-0.4, -0.2) is 51.7 Å². The van der Waals surface area contributed by atoms with Crippen LogP contribution in [0.4, 0.5) is 0 Å². The molecule has 3 rings (SSSR count). The minimum absolute atomic E-state index is 0.141. The predicted octanol–water partition coefficient (Wildman–Crippen LogP) is 1.99. The van der Waals surface area contributed by atoms with E-state index >= 15 is 0 Å². The van der Waals surface area contributed by atoms with Crippen LogP contribution in [0, 0.1) is 13.8 Å². The molecule has 1 aromatic carbocycles. The highest BCUT2D eigenvalue weighted by atomic mass is 16.2. The summed E-state index contributed by atoms with van der Waals surface area (Å²) in [5.41, 5.74) is 4.32. The molecule has 1 aromatic heterocycles. The summed E-state index contributed by atoms with van der Waals surface area (Å²) in [6.45, 7) is 8.38. The molecule has 1 aliphatic rings. The third-order valence-corrected chi connectivity index (χ3v) is 4.47. The van der Waals surface area contributed by atoms with Crippen LogP contribution in [0.1, 0.15) is 27.2 Å². The molecular formula is C18H24N4O. The van der Waals surface area contributed by atoms with Gasteiger partial charge in [-0.05, 0) is 26.0 Å². The van der Waals surface area contributed by atoms with Crippen molar-refractivity contribution in [1.82, 2.24) is 19.6 Å². The fraction of sp³-hybridized carbons (Fsp3) is 0.444. The van der Waals surface area contributed by atoms with Crippen molar-refractivity contribution in [3.05, 3.63) is 52.8 Å². The summed E-state index contributed by atoms with van der Waals surface area (Å²) >= 11 is 0. The maximum absolute atomic E-state index is 12.5. The molecule has 0 saturated carbocycles. The van der Waals surface area contributed by atoms with E-state index in [1.807, 2.05) is 54.7 Å². The van der Waals surface area contributed by atoms with E-state index in [9.17, 15) is 4.79 Å². The molecule has 23 heavy (non-hydrogen) atoms. The minimum Gasteiger partial charge on any atom is -0.336 e. The maximum atomic E-state index is 12.5. The van der Waals surface area contributed by atoms with Crippen LogP contribution in [0.2, 0.25) is 0 Å². The molecule has 0 aliphatic carbocycles. The lowest BCUT2D eigenvalue weighted by Crippen LogP contribution is -2.48. The first-order chi connectivity index (χ1) is 11.0. The smallest absolute Gasteiger partial charge is 0.253 e. The topological polar surface area (TPSA) is 41.4 Å². The number of carbonyl (C=O) groups is 1. The third-order valence-electron chi connectivity index (χ3n) is 4.47. The number of aromatic nitrogens is 2. The molecule has 0 bridgehead atoms. The number of rotatable bonds is 3. The van der Waals surface area contributed by atoms with Crippen molar-refractivity contribution in [2.24, 2.45) is 7.05 Å². The van der Waals surface area contributed by atoms with E-state index in [4.69, 9.17) is 0 Å². The highest BCUT2D eigenvalue weighted by Gasteiger charge is 2.22. The molecular weight excluding hydrogens is 288 g/mol. The van der Waals surface area contributed by atoms with Crippen LogP contribution in [0.5, 0.6) is 0 Å². The van der Waals surface area contributed by atoms with Crippen molar-refractivity contribution < 1.29 is 4.79 Å². The maximum Gasteiger partial charge on any atom is 0.253 e. The number of hydrogen-bond acceptors (Lipinski definition) is 3. The molecule has 122 valence electrons. The number of benzene rings is 1. The molecule has 1 fully saturated rings. The summed E-state index contributed by atoms with van der Waals surface area (Å²) in [5, 5.41) is 4.39. The van der Waals surface area contributed by atoms with Gasteiger partial charge in [0.15, 0.2) is 0 Å². The first kappa shape index (κ1) is 15.7. The van der Waals surface area contributed by atoms with Gasteiger partial charge in [0, 0.05) is 57.1 Å². The SMILES string of the molecule is Cc1ccc(C(=O)N2CCN(Cc3cn(C)nc3C)CC2)cc1. The van der Waals surface area contributed by atoms with Gasteiger partial charge in [-0.15, -0.1) is 0 Å². The van der Waals surface area contributed by atoms with Crippen LogP contribution in [0.3, 0.4) is 0 Å². The molecule has 0 atom stereocenters. The van der Waals surface area contributed by atoms with Crippen molar-refractivity contribution in [3.8, 4) is 0 Å². The number of hydrogen-bond donors (Lipinski definition) is 0. The average molecular weight is 312 g/mol. The van der Waals surface area contributed by atoms with Gasteiger partial charge < -0.3 is 4.90 Å². The van der Waals surface area contributed by atoms with Gasteiger partial charge in [-0.3, -0.25) is 14.4 Å². The van der Waals surface area contributed by atoms with Gasteiger partial charge in [0.2, 0.25) is 0 Å². The van der Waals surface area contributed by atoms with Gasteiger partial charge in [0.05, 0.1) is 5.69 Å². The minimum atomic E-state index is 0.141. The first-order valence-corrected chi connectivity index (χ1v) is 8.10. The number of aryl methyl sites for hydroxylation is 3. The molecule has 0 N–H and O–H groups in total. The van der Waals surface area contributed by atoms with Crippen LogP contribution >= 0.6 is 0 Å². The monoisotopic (exact) mass is 312 g/mol. The van der Waals surface area contributed by atoms with E-state index in [1.165, 1.54) is 11.1 Å². The molecule has 0 spiro atoms. The Kier molecular flexibility index (Phi) is 4.48. The van der Waals surface area contributed by atoms with E-state index in [2.05, 4.69) is 16.2 Å². The van der Waals surface area contributed by atoms with E-state index in [-0.39, 0.29) is 5.91 Å². The Balaban J connectivity index is 1.56. The summed E-state index contributed by atoms with van der Waals surface area (Å²) < 4.78 is 1.86. The van der Waals surface area contributed by atoms with E-state index in [1.54, 1.807) is 0 Å². The zero-order valence-electron chi connectivity index (χ0n) is 14.1. The van der Waals surface area contributed by atoms with Gasteiger partial charge >= 0.3 is 0 Å². The normalized spacial score (nSPS) is 15.9. The Morgan fingerprint density at radius 1 is 1.09 bits per heavy atom. The van der Waals surface area contributed by atoms with Crippen molar-refractivity contribution in [2.45, 2.75) is 20.4 Å². The van der Waals surface area contributed by atoms with Gasteiger partial charge in [-0.1, -0.05) is 17.7 Å². The molecule has 0 radical (unpaired) electrons. The average Bonchev–Trinajstić information content (AvgIpc) is 2.86. The number of carbonyl (C=O) groups excluding carboxylic acids is 1. The fourth-order valence-electron chi connectivity index (χ4n) is 3.03. The summed E-state index contributed by atoms with van der Waals surface area (Å²) in [4.78, 5) is 16.9. The van der Waals surface area contributed by atoms with Gasteiger partial charge in [0.1, 0.15) is 0 Å². The lowest BCUT2D eigenvalue weighted by atomic mass is 10.1. The Bertz CT molecular complexity index is 682. The summed E-state index contributed by atoms with van der Waals surface area (Å²) in [7, 11) is 1.95. The number of nitrogens with zero attached hydrogens (tertiary/aromatic N) is 4. The number of piperazine rings is 1. The van der Waals surface area contributed by atoms with Crippen molar-refractivity contribution in [2.75, 3.05) is 26.2 Å². The van der Waals surface area contributed by atoms with Crippen LogP contribution in [0.15, 0.2) is 30.5 Å². The lowest BCUT2D eigenvalue weighted by Gasteiger charge is -2.34. The van der Waals surface area contributed by atoms with Crippen LogP contribution in [-0.2, 0) is 13.6 Å². The second-order valence-electron chi connectivity index (χ2n) is 6.35. The lowest BCUT2D eigenvalue weighted by molar-refractivity contribution is 0.0628. The molecule has 1 saturated heterocycles.